The van der Waals surface area contributed by atoms with Gasteiger partial charge in [-0.3, -0.25) is 13.6 Å². The fourth-order valence-corrected chi connectivity index (χ4v) is 2.39. The average Bonchev–Trinajstić information content (AvgIpc) is 2.17. The maximum Gasteiger partial charge on any atom is 0.336 e. The maximum absolute atomic E-state index is 11.9. The molecule has 5 nitrogen and oxygen atoms in total. The van der Waals surface area contributed by atoms with Gasteiger partial charge in [0.15, 0.2) is 12.2 Å². The Morgan fingerprint density at radius 1 is 1.33 bits per heavy atom. The molecule has 0 bridgehead atoms. The van der Waals surface area contributed by atoms with Crippen LogP contribution in [0.5, 0.6) is 0 Å². The van der Waals surface area contributed by atoms with Crippen LogP contribution in [0.25, 0.3) is 0 Å². The second-order valence-corrected chi connectivity index (χ2v) is 4.84. The van der Waals surface area contributed by atoms with E-state index in [0.29, 0.717) is 0 Å². The van der Waals surface area contributed by atoms with Gasteiger partial charge in [-0.15, -0.1) is 6.58 Å². The van der Waals surface area contributed by atoms with Gasteiger partial charge in [0.05, 0.1) is 18.3 Å². The van der Waals surface area contributed by atoms with Gasteiger partial charge in [-0.25, -0.2) is 0 Å². The van der Waals surface area contributed by atoms with E-state index in [0.717, 1.165) is 0 Å². The lowest BCUT2D eigenvalue weighted by Crippen LogP contribution is -2.11. The molecular formula is C9H13N2O3P. The van der Waals surface area contributed by atoms with Gasteiger partial charge in [-0.2, -0.15) is 10.5 Å². The van der Waals surface area contributed by atoms with E-state index in [1.807, 2.05) is 0 Å². The first kappa shape index (κ1) is 13.9. The van der Waals surface area contributed by atoms with Crippen molar-refractivity contribution in [1.82, 2.24) is 0 Å². The van der Waals surface area contributed by atoms with E-state index in [-0.39, 0.29) is 6.16 Å². The van der Waals surface area contributed by atoms with Crippen LogP contribution in [-0.2, 0) is 13.6 Å². The lowest BCUT2D eigenvalue weighted by molar-refractivity contribution is 0.171. The van der Waals surface area contributed by atoms with E-state index in [4.69, 9.17) is 19.6 Å². The number of rotatable bonds is 6. The molecule has 0 spiro atoms. The summed E-state index contributed by atoms with van der Waals surface area (Å²) in [5.41, 5.74) is 0. The Morgan fingerprint density at radius 2 is 1.73 bits per heavy atom. The first-order valence-electron chi connectivity index (χ1n) is 4.33. The summed E-state index contributed by atoms with van der Waals surface area (Å²) in [4.78, 5) is 0. The van der Waals surface area contributed by atoms with Crippen molar-refractivity contribution >= 4 is 7.60 Å². The van der Waals surface area contributed by atoms with Crippen molar-refractivity contribution in [3.63, 3.8) is 0 Å². The van der Waals surface area contributed by atoms with E-state index in [9.17, 15) is 4.57 Å². The van der Waals surface area contributed by atoms with Gasteiger partial charge in [-0.1, -0.05) is 6.08 Å². The molecule has 2 atom stereocenters. The Labute approximate surface area is 89.4 Å². The van der Waals surface area contributed by atoms with Crippen molar-refractivity contribution in [2.75, 3.05) is 6.16 Å². The SMILES string of the molecule is C=CCP(=O)(OC(C)C#N)OC(C)C#N. The van der Waals surface area contributed by atoms with Crippen LogP contribution in [0.2, 0.25) is 0 Å². The standard InChI is InChI=1S/C9H13N2O3P/c1-4-5-15(12,13-8(2)6-10)14-9(3)7-11/h4,8-9H,1,5H2,2-3H3. The molecule has 2 unspecified atom stereocenters. The van der Waals surface area contributed by atoms with E-state index in [1.165, 1.54) is 19.9 Å². The molecule has 15 heavy (non-hydrogen) atoms. The average molecular weight is 228 g/mol. The van der Waals surface area contributed by atoms with Crippen molar-refractivity contribution in [3.05, 3.63) is 12.7 Å². The van der Waals surface area contributed by atoms with Crippen molar-refractivity contribution in [2.24, 2.45) is 0 Å². The lowest BCUT2D eigenvalue weighted by atomic mass is 10.5. The number of hydrogen-bond acceptors (Lipinski definition) is 5. The largest absolute Gasteiger partial charge is 0.336 e. The van der Waals surface area contributed by atoms with Crippen molar-refractivity contribution in [3.8, 4) is 12.1 Å². The normalized spacial score (nSPS) is 17.9. The molecular weight excluding hydrogens is 215 g/mol. The third-order valence-electron chi connectivity index (χ3n) is 1.35. The predicted octanol–water partition coefficient (Wildman–Crippen LogP) is 2.22. The molecule has 6 heteroatoms. The molecule has 82 valence electrons. The molecule has 0 aromatic carbocycles. The Hall–Kier alpha value is -1.13. The summed E-state index contributed by atoms with van der Waals surface area (Å²) < 4.78 is 21.8. The fraction of sp³-hybridized carbons (Fsp3) is 0.556. The van der Waals surface area contributed by atoms with E-state index in [2.05, 4.69) is 6.58 Å². The second kappa shape index (κ2) is 6.37. The van der Waals surface area contributed by atoms with Crippen LogP contribution >= 0.6 is 7.60 Å². The molecule has 0 saturated carbocycles. The van der Waals surface area contributed by atoms with Gasteiger partial charge in [-0.05, 0) is 13.8 Å². The number of nitriles is 2. The smallest absolute Gasteiger partial charge is 0.290 e. The summed E-state index contributed by atoms with van der Waals surface area (Å²) in [5.74, 6) is 0. The molecule has 0 rings (SSSR count). The van der Waals surface area contributed by atoms with Crippen LogP contribution in [0.4, 0.5) is 0 Å². The van der Waals surface area contributed by atoms with E-state index in [1.54, 1.807) is 12.1 Å². The third kappa shape index (κ3) is 5.34. The van der Waals surface area contributed by atoms with Crippen molar-refractivity contribution in [1.29, 1.82) is 10.5 Å². The summed E-state index contributed by atoms with van der Waals surface area (Å²) in [6.07, 6.45) is -0.344. The van der Waals surface area contributed by atoms with Gasteiger partial charge in [0.2, 0.25) is 0 Å². The number of allylic oxidation sites excluding steroid dienone is 1. The first-order chi connectivity index (χ1) is 6.97. The molecule has 0 heterocycles. The Morgan fingerprint density at radius 3 is 2.00 bits per heavy atom. The highest BCUT2D eigenvalue weighted by Gasteiger charge is 2.28. The Bertz CT molecular complexity index is 316. The van der Waals surface area contributed by atoms with Gasteiger partial charge in [0.25, 0.3) is 0 Å². The van der Waals surface area contributed by atoms with Crippen molar-refractivity contribution < 1.29 is 13.6 Å². The van der Waals surface area contributed by atoms with Crippen LogP contribution in [0.3, 0.4) is 0 Å². The zero-order valence-corrected chi connectivity index (χ0v) is 9.61. The lowest BCUT2D eigenvalue weighted by Gasteiger charge is -2.19. The van der Waals surface area contributed by atoms with Crippen LogP contribution in [0.1, 0.15) is 13.8 Å². The predicted molar refractivity (Wildman–Crippen MR) is 55.0 cm³/mol. The van der Waals surface area contributed by atoms with Crippen LogP contribution in [0.15, 0.2) is 12.7 Å². The molecule has 0 radical (unpaired) electrons. The summed E-state index contributed by atoms with van der Waals surface area (Å²) >= 11 is 0. The van der Waals surface area contributed by atoms with Crippen LogP contribution < -0.4 is 0 Å². The zero-order chi connectivity index (χ0) is 11.9. The summed E-state index contributed by atoms with van der Waals surface area (Å²) in [6, 6.07) is 3.56. The van der Waals surface area contributed by atoms with E-state index >= 15 is 0 Å². The van der Waals surface area contributed by atoms with Gasteiger partial charge in [0.1, 0.15) is 0 Å². The summed E-state index contributed by atoms with van der Waals surface area (Å²) in [6.45, 7) is 6.32. The minimum atomic E-state index is -3.43. The molecule has 0 aliphatic rings. The molecule has 0 aromatic rings. The zero-order valence-electron chi connectivity index (χ0n) is 8.71. The van der Waals surface area contributed by atoms with Crippen LogP contribution in [-0.4, -0.2) is 18.4 Å². The Balaban J connectivity index is 4.61. The second-order valence-electron chi connectivity index (χ2n) is 2.84. The van der Waals surface area contributed by atoms with Gasteiger partial charge in [0, 0.05) is 0 Å². The minimum absolute atomic E-state index is 0.0228. The molecule has 0 fully saturated rings. The molecule has 0 aliphatic carbocycles. The number of hydrogen-bond donors (Lipinski definition) is 0. The Kier molecular flexibility index (Phi) is 5.89. The highest BCUT2D eigenvalue weighted by atomic mass is 31.2. The minimum Gasteiger partial charge on any atom is -0.290 e. The third-order valence-corrected chi connectivity index (χ3v) is 3.33. The molecule has 0 N–H and O–H groups in total. The molecule has 0 aliphatic heterocycles. The molecule has 0 amide bonds. The highest BCUT2D eigenvalue weighted by molar-refractivity contribution is 7.54. The molecule has 0 aromatic heterocycles. The topological polar surface area (TPSA) is 83.1 Å². The number of nitrogens with zero attached hydrogens (tertiary/aromatic N) is 2. The van der Waals surface area contributed by atoms with Crippen molar-refractivity contribution in [2.45, 2.75) is 26.1 Å². The fourth-order valence-electron chi connectivity index (χ4n) is 0.798. The summed E-state index contributed by atoms with van der Waals surface area (Å²) in [7, 11) is -3.43. The monoisotopic (exact) mass is 228 g/mol. The van der Waals surface area contributed by atoms with Crippen LogP contribution in [0, 0.1) is 22.7 Å². The highest BCUT2D eigenvalue weighted by Crippen LogP contribution is 2.50. The molecule has 0 saturated heterocycles. The van der Waals surface area contributed by atoms with Gasteiger partial charge >= 0.3 is 7.60 Å². The quantitative estimate of drug-likeness (QED) is 0.514. The van der Waals surface area contributed by atoms with E-state index < -0.39 is 19.8 Å². The van der Waals surface area contributed by atoms with Gasteiger partial charge < -0.3 is 0 Å². The summed E-state index contributed by atoms with van der Waals surface area (Å²) in [5, 5.41) is 17.0. The first-order valence-corrected chi connectivity index (χ1v) is 6.06. The maximum atomic E-state index is 11.9.